The molecule has 7 heteroatoms. The third-order valence-corrected chi connectivity index (χ3v) is 4.10. The molecule has 6 nitrogen and oxygen atoms in total. The van der Waals surface area contributed by atoms with Gasteiger partial charge in [-0.1, -0.05) is 0 Å². The quantitative estimate of drug-likeness (QED) is 0.823. The first-order chi connectivity index (χ1) is 11.5. The second-order valence-electron chi connectivity index (χ2n) is 5.70. The molecule has 1 aliphatic rings. The van der Waals surface area contributed by atoms with Gasteiger partial charge in [0.2, 0.25) is 0 Å². The third-order valence-electron chi connectivity index (χ3n) is 4.10. The van der Waals surface area contributed by atoms with Gasteiger partial charge in [0.15, 0.2) is 5.67 Å². The summed E-state index contributed by atoms with van der Waals surface area (Å²) >= 11 is 0. The Morgan fingerprint density at radius 1 is 1.33 bits per heavy atom. The van der Waals surface area contributed by atoms with Crippen molar-refractivity contribution in [2.75, 3.05) is 33.4 Å². The Kier molecular flexibility index (Phi) is 5.88. The van der Waals surface area contributed by atoms with Crippen molar-refractivity contribution in [2.24, 2.45) is 0 Å². The van der Waals surface area contributed by atoms with E-state index in [2.05, 4.69) is 5.32 Å². The van der Waals surface area contributed by atoms with E-state index < -0.39 is 11.6 Å². The van der Waals surface area contributed by atoms with E-state index in [-0.39, 0.29) is 38.4 Å². The number of nitriles is 1. The van der Waals surface area contributed by atoms with E-state index >= 15 is 0 Å². The molecule has 1 N–H and O–H groups in total. The van der Waals surface area contributed by atoms with Crippen LogP contribution in [0.3, 0.4) is 0 Å². The van der Waals surface area contributed by atoms with E-state index in [4.69, 9.17) is 10.00 Å². The lowest BCUT2D eigenvalue weighted by atomic mass is 9.92. The predicted octanol–water partition coefficient (Wildman–Crippen LogP) is 1.27. The fourth-order valence-electron chi connectivity index (χ4n) is 2.59. The van der Waals surface area contributed by atoms with Crippen molar-refractivity contribution in [3.8, 4) is 6.07 Å². The maximum atomic E-state index is 14.7. The number of hydrogen-bond donors (Lipinski definition) is 1. The first kappa shape index (κ1) is 17.9. The van der Waals surface area contributed by atoms with E-state index in [9.17, 15) is 14.0 Å². The van der Waals surface area contributed by atoms with Crippen LogP contribution in [0.15, 0.2) is 24.3 Å². The van der Waals surface area contributed by atoms with Crippen molar-refractivity contribution in [1.29, 1.82) is 5.26 Å². The molecule has 0 bridgehead atoms. The molecule has 1 aromatic carbocycles. The average molecular weight is 333 g/mol. The second kappa shape index (κ2) is 7.88. The average Bonchev–Trinajstić information content (AvgIpc) is 2.62. The Labute approximate surface area is 140 Å². The Bertz CT molecular complexity index is 631. The molecule has 0 unspecified atom stereocenters. The molecule has 0 saturated carbocycles. The molecule has 0 atom stereocenters. The van der Waals surface area contributed by atoms with Gasteiger partial charge in [-0.25, -0.2) is 4.39 Å². The number of carbonyl (C=O) groups is 2. The highest BCUT2D eigenvalue weighted by Gasteiger charge is 2.42. The second-order valence-corrected chi connectivity index (χ2v) is 5.70. The zero-order valence-electron chi connectivity index (χ0n) is 13.5. The number of hydrogen-bond acceptors (Lipinski definition) is 4. The topological polar surface area (TPSA) is 82.4 Å². The molecule has 0 aromatic heterocycles. The number of alkyl halides is 1. The van der Waals surface area contributed by atoms with Crippen LogP contribution in [0.25, 0.3) is 0 Å². The molecule has 2 rings (SSSR count). The predicted molar refractivity (Wildman–Crippen MR) is 85.0 cm³/mol. The van der Waals surface area contributed by atoms with Gasteiger partial charge in [-0.3, -0.25) is 9.59 Å². The van der Waals surface area contributed by atoms with Gasteiger partial charge in [0.05, 0.1) is 18.2 Å². The molecule has 2 amide bonds. The number of amides is 2. The highest BCUT2D eigenvalue weighted by atomic mass is 19.1. The molecule has 1 saturated heterocycles. The van der Waals surface area contributed by atoms with E-state index in [1.165, 1.54) is 12.0 Å². The Balaban J connectivity index is 1.92. The van der Waals surface area contributed by atoms with Crippen LogP contribution >= 0.6 is 0 Å². The van der Waals surface area contributed by atoms with Crippen LogP contribution in [-0.2, 0) is 9.53 Å². The van der Waals surface area contributed by atoms with Crippen LogP contribution in [-0.4, -0.2) is 55.7 Å². The summed E-state index contributed by atoms with van der Waals surface area (Å²) in [7, 11) is 1.50. The highest BCUT2D eigenvalue weighted by molar-refractivity contribution is 5.94. The number of halogens is 1. The summed E-state index contributed by atoms with van der Waals surface area (Å²) in [5.41, 5.74) is -1.03. The van der Waals surface area contributed by atoms with Crippen LogP contribution in [0, 0.1) is 11.3 Å². The van der Waals surface area contributed by atoms with Gasteiger partial charge < -0.3 is 15.0 Å². The lowest BCUT2D eigenvalue weighted by molar-refractivity contribution is -0.135. The van der Waals surface area contributed by atoms with Crippen molar-refractivity contribution < 1.29 is 18.7 Å². The van der Waals surface area contributed by atoms with Crippen molar-refractivity contribution in [3.05, 3.63) is 35.4 Å². The van der Waals surface area contributed by atoms with E-state index in [1.54, 1.807) is 24.3 Å². The summed E-state index contributed by atoms with van der Waals surface area (Å²) in [6.07, 6.45) is -0.0678. The van der Waals surface area contributed by atoms with Crippen molar-refractivity contribution in [3.63, 3.8) is 0 Å². The minimum atomic E-state index is -1.95. The molecule has 1 heterocycles. The van der Waals surface area contributed by atoms with Gasteiger partial charge in [-0.2, -0.15) is 5.26 Å². The summed E-state index contributed by atoms with van der Waals surface area (Å²) < 4.78 is 19.5. The van der Waals surface area contributed by atoms with Gasteiger partial charge >= 0.3 is 0 Å². The van der Waals surface area contributed by atoms with Crippen LogP contribution in [0.4, 0.5) is 4.39 Å². The Hall–Kier alpha value is -2.46. The molecule has 0 spiro atoms. The van der Waals surface area contributed by atoms with Crippen LogP contribution in [0.5, 0.6) is 0 Å². The Morgan fingerprint density at radius 3 is 2.50 bits per heavy atom. The molecule has 1 aromatic rings. The van der Waals surface area contributed by atoms with Gasteiger partial charge in [0.25, 0.3) is 11.8 Å². The van der Waals surface area contributed by atoms with E-state index in [1.807, 2.05) is 6.07 Å². The standard InChI is InChI=1S/C17H20FN3O3/c1-24-11-8-20-16(23)17(18)6-9-21(10-7-17)15(22)14-4-2-13(12-19)3-5-14/h2-5H,6-11H2,1H3,(H,20,23). The van der Waals surface area contributed by atoms with Gasteiger partial charge in [-0.05, 0) is 24.3 Å². The fourth-order valence-corrected chi connectivity index (χ4v) is 2.59. The molecule has 1 fully saturated rings. The number of rotatable bonds is 5. The molecule has 0 radical (unpaired) electrons. The lowest BCUT2D eigenvalue weighted by Crippen LogP contribution is -2.52. The number of methoxy groups -OCH3 is 1. The molecular formula is C17H20FN3O3. The molecule has 128 valence electrons. The maximum absolute atomic E-state index is 14.7. The van der Waals surface area contributed by atoms with Crippen LogP contribution in [0.1, 0.15) is 28.8 Å². The van der Waals surface area contributed by atoms with Gasteiger partial charge in [0, 0.05) is 45.1 Å². The number of nitrogens with one attached hydrogen (secondary N) is 1. The number of benzene rings is 1. The van der Waals surface area contributed by atoms with Crippen molar-refractivity contribution in [1.82, 2.24) is 10.2 Å². The molecular weight excluding hydrogens is 313 g/mol. The normalized spacial score (nSPS) is 16.3. The number of carbonyl (C=O) groups excluding carboxylic acids is 2. The summed E-state index contributed by atoms with van der Waals surface area (Å²) in [4.78, 5) is 25.9. The lowest BCUT2D eigenvalue weighted by Gasteiger charge is -2.35. The summed E-state index contributed by atoms with van der Waals surface area (Å²) in [6.45, 7) is 0.931. The van der Waals surface area contributed by atoms with E-state index in [0.29, 0.717) is 17.7 Å². The van der Waals surface area contributed by atoms with Gasteiger partial charge in [-0.15, -0.1) is 0 Å². The molecule has 0 aliphatic carbocycles. The Morgan fingerprint density at radius 2 is 1.96 bits per heavy atom. The van der Waals surface area contributed by atoms with E-state index in [0.717, 1.165) is 0 Å². The highest BCUT2D eigenvalue weighted by Crippen LogP contribution is 2.27. The van der Waals surface area contributed by atoms with Crippen LogP contribution in [0.2, 0.25) is 0 Å². The molecule has 24 heavy (non-hydrogen) atoms. The summed E-state index contributed by atoms with van der Waals surface area (Å²) in [6, 6.07) is 8.29. The minimum absolute atomic E-state index is 0.0339. The summed E-state index contributed by atoms with van der Waals surface area (Å²) in [5, 5.41) is 11.3. The maximum Gasteiger partial charge on any atom is 0.257 e. The minimum Gasteiger partial charge on any atom is -0.383 e. The monoisotopic (exact) mass is 333 g/mol. The zero-order valence-corrected chi connectivity index (χ0v) is 13.5. The molecule has 1 aliphatic heterocycles. The largest absolute Gasteiger partial charge is 0.383 e. The third kappa shape index (κ3) is 4.09. The first-order valence-corrected chi connectivity index (χ1v) is 7.76. The van der Waals surface area contributed by atoms with Crippen LogP contribution < -0.4 is 5.32 Å². The fraction of sp³-hybridized carbons (Fsp3) is 0.471. The number of nitrogens with zero attached hydrogens (tertiary/aromatic N) is 2. The number of piperidine rings is 1. The smallest absolute Gasteiger partial charge is 0.257 e. The zero-order chi connectivity index (χ0) is 17.6. The SMILES string of the molecule is COCCNC(=O)C1(F)CCN(C(=O)c2ccc(C#N)cc2)CC1. The van der Waals surface area contributed by atoms with Gasteiger partial charge in [0.1, 0.15) is 0 Å². The van der Waals surface area contributed by atoms with Crippen molar-refractivity contribution >= 4 is 11.8 Å². The number of ether oxygens (including phenoxy) is 1. The first-order valence-electron chi connectivity index (χ1n) is 7.76. The number of likely N-dealkylation sites (tertiary alicyclic amines) is 1. The summed E-state index contributed by atoms with van der Waals surface area (Å²) in [5.74, 6) is -0.869. The van der Waals surface area contributed by atoms with Crippen molar-refractivity contribution in [2.45, 2.75) is 18.5 Å².